The lowest BCUT2D eigenvalue weighted by atomic mass is 9.92. The first-order valence-corrected chi connectivity index (χ1v) is 13.4. The Morgan fingerprint density at radius 1 is 1.18 bits per heavy atom. The number of aliphatic hydroxyl groups is 1. The number of aliphatic carboxylic acids is 1. The SMILES string of the molecule is COc1cccc([C@@H]2OCc3cc(Cl)ccc3[N@+](CC(C)(C)C)(N3C[C@H](O)[C@@H](C(C)=O)[C@H]3C(=O)O)C2=O)c1OC. The molecule has 11 heteroatoms. The summed E-state index contributed by atoms with van der Waals surface area (Å²) in [5.41, 5.74) is 0.912. The number of rotatable bonds is 7. The lowest BCUT2D eigenvalue weighted by Crippen LogP contribution is -2.71. The number of carboxylic acids is 1. The van der Waals surface area contributed by atoms with Gasteiger partial charge in [-0.25, -0.2) is 4.79 Å². The molecule has 0 spiro atoms. The molecule has 0 radical (unpaired) electrons. The van der Waals surface area contributed by atoms with E-state index in [4.69, 9.17) is 25.8 Å². The van der Waals surface area contributed by atoms with Gasteiger partial charge in [0.05, 0.1) is 39.4 Å². The topological polar surface area (TPSA) is 123 Å². The predicted octanol–water partition coefficient (Wildman–Crippen LogP) is 3.76. The first kappa shape index (κ1) is 30.0. The average molecular weight is 576 g/mol. The molecule has 1 fully saturated rings. The Kier molecular flexibility index (Phi) is 8.31. The summed E-state index contributed by atoms with van der Waals surface area (Å²) in [7, 11) is 2.95. The number of carboxylic acid groups (broad SMARTS) is 1. The summed E-state index contributed by atoms with van der Waals surface area (Å²) in [4.78, 5) is 40.6. The first-order chi connectivity index (χ1) is 18.8. The maximum Gasteiger partial charge on any atom is 0.371 e. The summed E-state index contributed by atoms with van der Waals surface area (Å²) in [6.07, 6.45) is -2.52. The van der Waals surface area contributed by atoms with Crippen molar-refractivity contribution in [2.45, 2.75) is 52.6 Å². The number of halogens is 1. The van der Waals surface area contributed by atoms with Gasteiger partial charge in [0.2, 0.25) is 6.10 Å². The summed E-state index contributed by atoms with van der Waals surface area (Å²) in [6.45, 7) is 6.93. The fourth-order valence-corrected chi connectivity index (χ4v) is 6.27. The lowest BCUT2D eigenvalue weighted by molar-refractivity contribution is -0.171. The van der Waals surface area contributed by atoms with Gasteiger partial charge in [-0.05, 0) is 25.1 Å². The molecule has 2 aliphatic rings. The minimum Gasteiger partial charge on any atom is -0.493 e. The number of para-hydroxylation sites is 1. The normalized spacial score (nSPS) is 27.1. The second kappa shape index (κ2) is 11.1. The number of nitrogens with zero attached hydrogens (tertiary/aromatic N) is 2. The van der Waals surface area contributed by atoms with Crippen molar-refractivity contribution in [1.29, 1.82) is 0 Å². The van der Waals surface area contributed by atoms with Crippen LogP contribution in [0.5, 0.6) is 11.5 Å². The maximum atomic E-state index is 15.1. The number of hydrogen-bond acceptors (Lipinski definition) is 8. The number of ether oxygens (including phenoxy) is 3. The highest BCUT2D eigenvalue weighted by atomic mass is 35.5. The number of aliphatic hydroxyl groups excluding tert-OH is 1. The monoisotopic (exact) mass is 575 g/mol. The van der Waals surface area contributed by atoms with Gasteiger partial charge in [-0.15, -0.1) is 9.60 Å². The zero-order valence-electron chi connectivity index (χ0n) is 23.5. The molecule has 1 saturated heterocycles. The van der Waals surface area contributed by atoms with Gasteiger partial charge >= 0.3 is 11.9 Å². The highest BCUT2D eigenvalue weighted by molar-refractivity contribution is 6.30. The summed E-state index contributed by atoms with van der Waals surface area (Å²) in [5.74, 6) is -2.81. The van der Waals surface area contributed by atoms with E-state index in [1.807, 2.05) is 20.8 Å². The van der Waals surface area contributed by atoms with Crippen LogP contribution in [-0.2, 0) is 25.7 Å². The van der Waals surface area contributed by atoms with Crippen molar-refractivity contribution >= 4 is 34.9 Å². The second-order valence-corrected chi connectivity index (χ2v) is 11.9. The van der Waals surface area contributed by atoms with Gasteiger partial charge in [0, 0.05) is 27.6 Å². The Morgan fingerprint density at radius 2 is 1.88 bits per heavy atom. The van der Waals surface area contributed by atoms with Gasteiger partial charge in [-0.1, -0.05) is 44.5 Å². The van der Waals surface area contributed by atoms with Crippen molar-refractivity contribution in [3.63, 3.8) is 0 Å². The van der Waals surface area contributed by atoms with E-state index in [0.29, 0.717) is 33.3 Å². The number of amides is 1. The fourth-order valence-electron chi connectivity index (χ4n) is 6.07. The molecular formula is C29H36ClN2O8+. The van der Waals surface area contributed by atoms with E-state index in [9.17, 15) is 19.8 Å². The highest BCUT2D eigenvalue weighted by Crippen LogP contribution is 2.47. The van der Waals surface area contributed by atoms with Crippen molar-refractivity contribution < 1.29 is 38.8 Å². The molecule has 1 amide bonds. The van der Waals surface area contributed by atoms with E-state index in [-0.39, 0.29) is 19.7 Å². The van der Waals surface area contributed by atoms with Crippen LogP contribution in [0.15, 0.2) is 36.4 Å². The summed E-state index contributed by atoms with van der Waals surface area (Å²) in [5, 5.41) is 23.3. The van der Waals surface area contributed by atoms with E-state index in [1.54, 1.807) is 36.4 Å². The molecular weight excluding hydrogens is 540 g/mol. The molecule has 2 N–H and O–H groups in total. The van der Waals surface area contributed by atoms with E-state index < -0.39 is 51.8 Å². The zero-order valence-corrected chi connectivity index (χ0v) is 24.3. The van der Waals surface area contributed by atoms with Crippen LogP contribution in [-0.4, -0.2) is 72.3 Å². The number of quaternary nitrogens is 1. The maximum absolute atomic E-state index is 15.1. The van der Waals surface area contributed by atoms with Gasteiger partial charge < -0.3 is 24.4 Å². The van der Waals surface area contributed by atoms with Gasteiger partial charge in [0.15, 0.2) is 23.2 Å². The largest absolute Gasteiger partial charge is 0.493 e. The van der Waals surface area contributed by atoms with Crippen LogP contribution < -0.4 is 14.1 Å². The molecule has 0 bridgehead atoms. The molecule has 0 aromatic heterocycles. The van der Waals surface area contributed by atoms with Crippen molar-refractivity contribution in [2.24, 2.45) is 11.3 Å². The van der Waals surface area contributed by atoms with Crippen molar-refractivity contribution in [3.05, 3.63) is 52.5 Å². The molecule has 2 heterocycles. The summed E-state index contributed by atoms with van der Waals surface area (Å²) < 4.78 is 16.8. The van der Waals surface area contributed by atoms with Crippen molar-refractivity contribution in [3.8, 4) is 11.5 Å². The van der Waals surface area contributed by atoms with E-state index >= 15 is 4.79 Å². The summed E-state index contributed by atoms with van der Waals surface area (Å²) >= 11 is 6.38. The van der Waals surface area contributed by atoms with Crippen LogP contribution in [0.4, 0.5) is 5.69 Å². The molecule has 2 aliphatic heterocycles. The number of hydrogen-bond donors (Lipinski definition) is 2. The van der Waals surface area contributed by atoms with Crippen LogP contribution >= 0.6 is 11.6 Å². The van der Waals surface area contributed by atoms with Gasteiger partial charge in [-0.2, -0.15) is 0 Å². The highest BCUT2D eigenvalue weighted by Gasteiger charge is 2.63. The van der Waals surface area contributed by atoms with Crippen molar-refractivity contribution in [2.75, 3.05) is 27.3 Å². The number of fused-ring (bicyclic) bond motifs is 1. The van der Waals surface area contributed by atoms with E-state index in [0.717, 1.165) is 0 Å². The number of Topliss-reactive ketones (excluding diaryl/α,β-unsaturated/α-hetero) is 1. The molecule has 5 atom stereocenters. The smallest absolute Gasteiger partial charge is 0.371 e. The number of ketones is 1. The van der Waals surface area contributed by atoms with Gasteiger partial charge in [0.25, 0.3) is 0 Å². The Labute approximate surface area is 238 Å². The van der Waals surface area contributed by atoms with Crippen LogP contribution in [0.2, 0.25) is 5.02 Å². The molecule has 0 aliphatic carbocycles. The van der Waals surface area contributed by atoms with Crippen LogP contribution in [0.1, 0.15) is 44.9 Å². The second-order valence-electron chi connectivity index (χ2n) is 11.5. The van der Waals surface area contributed by atoms with Crippen LogP contribution in [0.25, 0.3) is 0 Å². The third kappa shape index (κ3) is 5.10. The number of carbonyl (C=O) groups excluding carboxylic acids is 2. The van der Waals surface area contributed by atoms with Gasteiger partial charge in [0.1, 0.15) is 12.3 Å². The minimum absolute atomic E-state index is 0.0128. The van der Waals surface area contributed by atoms with Gasteiger partial charge in [-0.3, -0.25) is 9.59 Å². The minimum atomic E-state index is -1.48. The predicted molar refractivity (Wildman–Crippen MR) is 148 cm³/mol. The third-order valence-corrected chi connectivity index (χ3v) is 7.70. The Morgan fingerprint density at radius 3 is 2.45 bits per heavy atom. The number of benzene rings is 2. The number of β-amino-alcohol motifs (C(OH)–C–C–N with tert-alkyl or cyclic N) is 1. The third-order valence-electron chi connectivity index (χ3n) is 7.46. The number of carbonyl (C=O) groups is 3. The summed E-state index contributed by atoms with van der Waals surface area (Å²) in [6, 6.07) is 8.66. The quantitative estimate of drug-likeness (QED) is 0.475. The van der Waals surface area contributed by atoms with Crippen LogP contribution in [0, 0.1) is 11.3 Å². The molecule has 2 aromatic carbocycles. The molecule has 2 aromatic rings. The Hall–Kier alpha value is -3.02. The van der Waals surface area contributed by atoms with E-state index in [1.165, 1.54) is 26.2 Å². The zero-order chi connectivity index (χ0) is 29.6. The first-order valence-electron chi connectivity index (χ1n) is 13.0. The lowest BCUT2D eigenvalue weighted by Gasteiger charge is -2.46. The Balaban J connectivity index is 2.07. The average Bonchev–Trinajstić information content (AvgIpc) is 3.19. The molecule has 4 rings (SSSR count). The molecule has 0 saturated carbocycles. The molecule has 40 heavy (non-hydrogen) atoms. The number of methoxy groups -OCH3 is 2. The standard InChI is InChI=1S/C29H35ClN2O8/c1-16(33)23-21(34)13-31(24(23)28(36)37)32(15-29(2,3)4)20-11-10-18(30)12-17(20)14-40-26(27(32)35)19-8-7-9-22(38-5)25(19)39-6/h7-12,21,23-24,26,34H,13-15H2,1-6H3/p+1/t21-,23+,24-,26-,32-/m0/s1. The van der Waals surface area contributed by atoms with E-state index in [2.05, 4.69) is 0 Å². The fraction of sp³-hybridized carbons (Fsp3) is 0.483. The van der Waals surface area contributed by atoms with Crippen molar-refractivity contribution in [1.82, 2.24) is 9.60 Å². The molecule has 0 unspecified atom stereocenters. The van der Waals surface area contributed by atoms with Crippen LogP contribution in [0.3, 0.4) is 0 Å². The molecule has 216 valence electrons. The molecule has 10 nitrogen and oxygen atoms in total. The Bertz CT molecular complexity index is 1330.